The second kappa shape index (κ2) is 3.12. The van der Waals surface area contributed by atoms with E-state index in [0.717, 1.165) is 0 Å². The molecule has 0 amide bonds. The van der Waals surface area contributed by atoms with Crippen LogP contribution in [0.3, 0.4) is 0 Å². The predicted octanol–water partition coefficient (Wildman–Crippen LogP) is 1.61. The van der Waals surface area contributed by atoms with Crippen LogP contribution in [0.15, 0.2) is 0 Å². The molecule has 0 saturated heterocycles. The molecule has 2 bridgehead atoms. The lowest BCUT2D eigenvalue weighted by Gasteiger charge is -2.71. The number of halogens is 3. The number of hydrogen-bond donors (Lipinski definition) is 1. The number of carbonyl (C=O) groups is 1. The average molecular weight is 237 g/mol. The van der Waals surface area contributed by atoms with Crippen LogP contribution in [0, 0.1) is 10.8 Å². The monoisotopic (exact) mass is 237 g/mol. The number of hydrogen-bond acceptors (Lipinski definition) is 3. The molecule has 0 radical (unpaired) electrons. The Labute approximate surface area is 91.1 Å². The first-order chi connectivity index (χ1) is 7.26. The zero-order chi connectivity index (χ0) is 12.2. The molecule has 0 aromatic rings. The summed E-state index contributed by atoms with van der Waals surface area (Å²) in [5.74, 6) is -0.585. The van der Waals surface area contributed by atoms with Gasteiger partial charge in [-0.05, 0) is 31.6 Å². The van der Waals surface area contributed by atoms with E-state index in [0.29, 0.717) is 0 Å². The summed E-state index contributed by atoms with van der Waals surface area (Å²) in [5, 5.41) is 0. The minimum absolute atomic E-state index is 0.0243. The van der Waals surface area contributed by atoms with Gasteiger partial charge in [0, 0.05) is 0 Å². The molecule has 3 fully saturated rings. The van der Waals surface area contributed by atoms with Crippen molar-refractivity contribution in [3.8, 4) is 0 Å². The molecular weight excluding hydrogens is 223 g/mol. The van der Waals surface area contributed by atoms with Gasteiger partial charge in [0.25, 0.3) is 0 Å². The number of esters is 1. The van der Waals surface area contributed by atoms with Crippen LogP contribution >= 0.6 is 0 Å². The summed E-state index contributed by atoms with van der Waals surface area (Å²) < 4.78 is 42.4. The SMILES string of the molecule is CCOC(=O)[C@H](N)C12CC(C(F)(F)F)(C1)C2. The zero-order valence-electron chi connectivity index (χ0n) is 8.93. The first-order valence-electron chi connectivity index (χ1n) is 5.25. The van der Waals surface area contributed by atoms with E-state index in [9.17, 15) is 18.0 Å². The molecule has 3 rings (SSSR count). The maximum Gasteiger partial charge on any atom is 0.394 e. The van der Waals surface area contributed by atoms with Gasteiger partial charge in [0.05, 0.1) is 12.0 Å². The summed E-state index contributed by atoms with van der Waals surface area (Å²) in [5.41, 5.74) is 3.43. The topological polar surface area (TPSA) is 52.3 Å². The average Bonchev–Trinajstić information content (AvgIpc) is 1.96. The minimum atomic E-state index is -4.16. The molecule has 1 atom stereocenters. The molecule has 0 spiro atoms. The van der Waals surface area contributed by atoms with Crippen molar-refractivity contribution in [2.45, 2.75) is 38.4 Å². The third-order valence-electron chi connectivity index (χ3n) is 3.87. The van der Waals surface area contributed by atoms with Gasteiger partial charge in [-0.1, -0.05) is 0 Å². The lowest BCUT2D eigenvalue weighted by Crippen LogP contribution is -2.74. The number of ether oxygens (including phenoxy) is 1. The summed E-state index contributed by atoms with van der Waals surface area (Å²) in [6.07, 6.45) is -4.24. The van der Waals surface area contributed by atoms with Gasteiger partial charge in [-0.25, -0.2) is 0 Å². The largest absolute Gasteiger partial charge is 0.465 e. The first-order valence-corrected chi connectivity index (χ1v) is 5.25. The van der Waals surface area contributed by atoms with Gasteiger partial charge < -0.3 is 10.5 Å². The van der Waals surface area contributed by atoms with Gasteiger partial charge in [-0.3, -0.25) is 4.79 Å². The summed E-state index contributed by atoms with van der Waals surface area (Å²) in [4.78, 5) is 11.3. The van der Waals surface area contributed by atoms with Gasteiger partial charge in [-0.15, -0.1) is 0 Å². The van der Waals surface area contributed by atoms with E-state index in [-0.39, 0.29) is 25.9 Å². The molecule has 3 nitrogen and oxygen atoms in total. The predicted molar refractivity (Wildman–Crippen MR) is 49.4 cm³/mol. The molecular formula is C10H14F3NO2. The molecule has 6 heteroatoms. The minimum Gasteiger partial charge on any atom is -0.465 e. The zero-order valence-corrected chi connectivity index (χ0v) is 8.93. The number of nitrogens with two attached hydrogens (primary N) is 1. The maximum absolute atomic E-state index is 12.5. The van der Waals surface area contributed by atoms with Crippen LogP contribution in [0.1, 0.15) is 26.2 Å². The molecule has 3 saturated carbocycles. The summed E-state index contributed by atoms with van der Waals surface area (Å²) in [7, 11) is 0. The van der Waals surface area contributed by atoms with E-state index in [1.54, 1.807) is 6.92 Å². The van der Waals surface area contributed by atoms with Gasteiger partial charge in [-0.2, -0.15) is 13.2 Å². The Morgan fingerprint density at radius 1 is 1.44 bits per heavy atom. The molecule has 2 N–H and O–H groups in total. The van der Waals surface area contributed by atoms with Gasteiger partial charge in [0.2, 0.25) is 0 Å². The molecule has 0 aliphatic heterocycles. The lowest BCUT2D eigenvalue weighted by atomic mass is 9.33. The quantitative estimate of drug-likeness (QED) is 0.759. The van der Waals surface area contributed by atoms with Crippen LogP contribution in [0.25, 0.3) is 0 Å². The van der Waals surface area contributed by atoms with Gasteiger partial charge in [0.1, 0.15) is 6.04 Å². The van der Waals surface area contributed by atoms with Crippen molar-refractivity contribution < 1.29 is 22.7 Å². The van der Waals surface area contributed by atoms with Crippen LogP contribution in [0.4, 0.5) is 13.2 Å². The van der Waals surface area contributed by atoms with Crippen molar-refractivity contribution >= 4 is 5.97 Å². The summed E-state index contributed by atoms with van der Waals surface area (Å²) in [6.45, 7) is 1.84. The fourth-order valence-corrected chi connectivity index (χ4v) is 2.98. The number of alkyl halides is 3. The van der Waals surface area contributed by atoms with Gasteiger partial charge in [0.15, 0.2) is 0 Å². The number of carbonyl (C=O) groups excluding carboxylic acids is 1. The highest BCUT2D eigenvalue weighted by atomic mass is 19.4. The molecule has 0 aromatic heterocycles. The van der Waals surface area contributed by atoms with Crippen LogP contribution in [0.5, 0.6) is 0 Å². The Balaban J connectivity index is 1.96. The Kier molecular flexibility index (Phi) is 2.28. The molecule has 16 heavy (non-hydrogen) atoms. The molecule has 3 aliphatic rings. The second-order valence-electron chi connectivity index (χ2n) is 4.90. The van der Waals surface area contributed by atoms with E-state index in [4.69, 9.17) is 10.5 Å². The highest BCUT2D eigenvalue weighted by Crippen LogP contribution is 2.79. The molecule has 0 unspecified atom stereocenters. The van der Waals surface area contributed by atoms with Crippen molar-refractivity contribution in [3.63, 3.8) is 0 Å². The van der Waals surface area contributed by atoms with Gasteiger partial charge >= 0.3 is 12.1 Å². The Hall–Kier alpha value is -0.780. The normalized spacial score (nSPS) is 38.3. The fourth-order valence-electron chi connectivity index (χ4n) is 2.98. The van der Waals surface area contributed by atoms with Crippen LogP contribution < -0.4 is 5.73 Å². The third-order valence-corrected chi connectivity index (χ3v) is 3.87. The van der Waals surface area contributed by atoms with E-state index in [2.05, 4.69) is 0 Å². The molecule has 92 valence electrons. The highest BCUT2D eigenvalue weighted by molar-refractivity contribution is 5.77. The van der Waals surface area contributed by atoms with E-state index >= 15 is 0 Å². The Morgan fingerprint density at radius 3 is 2.31 bits per heavy atom. The van der Waals surface area contributed by atoms with Crippen molar-refractivity contribution in [2.24, 2.45) is 16.6 Å². The maximum atomic E-state index is 12.5. The third kappa shape index (κ3) is 1.28. The summed E-state index contributed by atoms with van der Waals surface area (Å²) in [6, 6.07) is -0.906. The second-order valence-corrected chi connectivity index (χ2v) is 4.90. The highest BCUT2D eigenvalue weighted by Gasteiger charge is 2.80. The summed E-state index contributed by atoms with van der Waals surface area (Å²) >= 11 is 0. The lowest BCUT2D eigenvalue weighted by molar-refractivity contribution is -0.366. The van der Waals surface area contributed by atoms with Crippen LogP contribution in [-0.4, -0.2) is 24.8 Å². The van der Waals surface area contributed by atoms with Crippen molar-refractivity contribution in [1.82, 2.24) is 0 Å². The van der Waals surface area contributed by atoms with E-state index in [1.165, 1.54) is 0 Å². The smallest absolute Gasteiger partial charge is 0.394 e. The fraction of sp³-hybridized carbons (Fsp3) is 0.900. The van der Waals surface area contributed by atoms with Crippen molar-refractivity contribution in [3.05, 3.63) is 0 Å². The first kappa shape index (κ1) is 11.7. The number of rotatable bonds is 3. The Morgan fingerprint density at radius 2 is 1.94 bits per heavy atom. The molecule has 0 aromatic carbocycles. The van der Waals surface area contributed by atoms with Crippen molar-refractivity contribution in [2.75, 3.05) is 6.61 Å². The van der Waals surface area contributed by atoms with Crippen molar-refractivity contribution in [1.29, 1.82) is 0 Å². The molecule has 3 aliphatic carbocycles. The molecule has 0 heterocycles. The van der Waals surface area contributed by atoms with Crippen LogP contribution in [-0.2, 0) is 9.53 Å². The van der Waals surface area contributed by atoms with E-state index < -0.39 is 29.0 Å². The Bertz CT molecular complexity index is 307. The van der Waals surface area contributed by atoms with E-state index in [1.807, 2.05) is 0 Å². The standard InChI is InChI=1S/C10H14F3NO2/c1-2-16-7(15)6(14)8-3-9(4-8,5-8)10(11,12)13/h6H,2-5,14H2,1H3/t6-,8?,9?/m0/s1. The van der Waals surface area contributed by atoms with Crippen LogP contribution in [0.2, 0.25) is 0 Å².